The summed E-state index contributed by atoms with van der Waals surface area (Å²) in [4.78, 5) is 6.89. The van der Waals surface area contributed by atoms with Gasteiger partial charge in [0.2, 0.25) is 0 Å². The Labute approximate surface area is 116 Å². The number of rotatable bonds is 6. The van der Waals surface area contributed by atoms with Gasteiger partial charge in [-0.05, 0) is 39.7 Å². The first kappa shape index (κ1) is 14.5. The molecule has 108 valence electrons. The molecule has 1 fully saturated rings. The number of hydrogen-bond acceptors (Lipinski definition) is 4. The van der Waals surface area contributed by atoms with Crippen LogP contribution in [0.3, 0.4) is 0 Å². The fourth-order valence-electron chi connectivity index (χ4n) is 2.66. The lowest BCUT2D eigenvalue weighted by Gasteiger charge is -2.32. The Hall–Kier alpha value is -0.940. The van der Waals surface area contributed by atoms with E-state index in [0.29, 0.717) is 12.1 Å². The van der Waals surface area contributed by atoms with E-state index in [9.17, 15) is 0 Å². The summed E-state index contributed by atoms with van der Waals surface area (Å²) in [6.45, 7) is 10.9. The van der Waals surface area contributed by atoms with Crippen LogP contribution in [0.4, 0.5) is 0 Å². The molecule has 5 nitrogen and oxygen atoms in total. The van der Waals surface area contributed by atoms with Crippen molar-refractivity contribution in [2.24, 2.45) is 0 Å². The Morgan fingerprint density at radius 1 is 1.37 bits per heavy atom. The van der Waals surface area contributed by atoms with Crippen LogP contribution in [0.2, 0.25) is 0 Å². The van der Waals surface area contributed by atoms with E-state index in [4.69, 9.17) is 0 Å². The standard InChI is InChI=1S/C14H27N5/c1-4-7-15-13-5-8-18(9-6-13)10-14-16-11-17-19(14)12(2)3/h11-13,15H,4-10H2,1-3H3. The van der Waals surface area contributed by atoms with Gasteiger partial charge in [0, 0.05) is 25.2 Å². The average molecular weight is 265 g/mol. The van der Waals surface area contributed by atoms with E-state index in [-0.39, 0.29) is 0 Å². The van der Waals surface area contributed by atoms with Gasteiger partial charge in [-0.1, -0.05) is 6.92 Å². The van der Waals surface area contributed by atoms with Gasteiger partial charge in [0.25, 0.3) is 0 Å². The van der Waals surface area contributed by atoms with Gasteiger partial charge in [0.1, 0.15) is 12.2 Å². The molecule has 0 unspecified atom stereocenters. The molecule has 1 N–H and O–H groups in total. The molecule has 2 heterocycles. The van der Waals surface area contributed by atoms with E-state index >= 15 is 0 Å². The number of nitrogens with zero attached hydrogens (tertiary/aromatic N) is 4. The van der Waals surface area contributed by atoms with Crippen LogP contribution in [0.1, 0.15) is 51.9 Å². The molecule has 0 bridgehead atoms. The minimum Gasteiger partial charge on any atom is -0.314 e. The zero-order valence-electron chi connectivity index (χ0n) is 12.5. The van der Waals surface area contributed by atoms with Crippen molar-refractivity contribution in [3.8, 4) is 0 Å². The van der Waals surface area contributed by atoms with E-state index < -0.39 is 0 Å². The van der Waals surface area contributed by atoms with Crippen LogP contribution in [-0.2, 0) is 6.54 Å². The Balaban J connectivity index is 1.80. The predicted octanol–water partition coefficient (Wildman–Crippen LogP) is 1.82. The fourth-order valence-corrected chi connectivity index (χ4v) is 2.66. The van der Waals surface area contributed by atoms with Crippen molar-refractivity contribution in [1.82, 2.24) is 25.0 Å². The second kappa shape index (κ2) is 7.01. The Bertz CT molecular complexity index is 366. The average Bonchev–Trinajstić information content (AvgIpc) is 2.86. The van der Waals surface area contributed by atoms with Gasteiger partial charge >= 0.3 is 0 Å². The largest absolute Gasteiger partial charge is 0.314 e. The third-order valence-electron chi connectivity index (χ3n) is 3.77. The molecule has 0 aromatic carbocycles. The van der Waals surface area contributed by atoms with Crippen LogP contribution in [0.25, 0.3) is 0 Å². The maximum absolute atomic E-state index is 4.39. The van der Waals surface area contributed by atoms with E-state index in [1.807, 2.05) is 4.68 Å². The molecule has 5 heteroatoms. The summed E-state index contributed by atoms with van der Waals surface area (Å²) in [5.74, 6) is 1.09. The fraction of sp³-hybridized carbons (Fsp3) is 0.857. The van der Waals surface area contributed by atoms with Crippen molar-refractivity contribution in [3.63, 3.8) is 0 Å². The summed E-state index contributed by atoms with van der Waals surface area (Å²) in [5.41, 5.74) is 0. The Kier molecular flexibility index (Phi) is 5.34. The zero-order valence-corrected chi connectivity index (χ0v) is 12.5. The molecule has 0 amide bonds. The highest BCUT2D eigenvalue weighted by Crippen LogP contribution is 2.14. The predicted molar refractivity (Wildman–Crippen MR) is 77.0 cm³/mol. The zero-order chi connectivity index (χ0) is 13.7. The van der Waals surface area contributed by atoms with E-state index in [1.165, 1.54) is 19.3 Å². The van der Waals surface area contributed by atoms with E-state index in [0.717, 1.165) is 32.0 Å². The first-order chi connectivity index (χ1) is 9.20. The molecule has 0 saturated carbocycles. The minimum absolute atomic E-state index is 0.390. The molecular formula is C14H27N5. The third kappa shape index (κ3) is 4.01. The summed E-state index contributed by atoms with van der Waals surface area (Å²) in [7, 11) is 0. The smallest absolute Gasteiger partial charge is 0.141 e. The van der Waals surface area contributed by atoms with Crippen LogP contribution in [-0.4, -0.2) is 45.3 Å². The van der Waals surface area contributed by atoms with E-state index in [2.05, 4.69) is 41.1 Å². The molecule has 1 aliphatic heterocycles. The molecule has 1 aliphatic rings. The molecule has 1 aromatic heterocycles. The van der Waals surface area contributed by atoms with E-state index in [1.54, 1.807) is 6.33 Å². The second-order valence-electron chi connectivity index (χ2n) is 5.72. The van der Waals surface area contributed by atoms with Crippen molar-refractivity contribution in [1.29, 1.82) is 0 Å². The third-order valence-corrected chi connectivity index (χ3v) is 3.77. The first-order valence-corrected chi connectivity index (χ1v) is 7.54. The highest BCUT2D eigenvalue weighted by molar-refractivity contribution is 4.88. The normalized spacial score (nSPS) is 18.3. The van der Waals surface area contributed by atoms with Crippen LogP contribution < -0.4 is 5.32 Å². The molecule has 0 atom stereocenters. The molecule has 2 rings (SSSR count). The maximum atomic E-state index is 4.39. The van der Waals surface area contributed by atoms with Gasteiger partial charge in [-0.3, -0.25) is 4.90 Å². The number of piperidine rings is 1. The number of aromatic nitrogens is 3. The van der Waals surface area contributed by atoms with Crippen molar-refractivity contribution in [2.45, 2.75) is 58.7 Å². The lowest BCUT2D eigenvalue weighted by molar-refractivity contribution is 0.183. The molecule has 1 aromatic rings. The second-order valence-corrected chi connectivity index (χ2v) is 5.72. The van der Waals surface area contributed by atoms with Gasteiger partial charge in [-0.25, -0.2) is 9.67 Å². The molecule has 0 radical (unpaired) electrons. The van der Waals surface area contributed by atoms with Crippen LogP contribution in [0.15, 0.2) is 6.33 Å². The maximum Gasteiger partial charge on any atom is 0.141 e. The molecule has 1 saturated heterocycles. The van der Waals surface area contributed by atoms with Gasteiger partial charge in [-0.15, -0.1) is 0 Å². The van der Waals surface area contributed by atoms with Crippen LogP contribution in [0, 0.1) is 0 Å². The first-order valence-electron chi connectivity index (χ1n) is 7.54. The van der Waals surface area contributed by atoms with Crippen LogP contribution >= 0.6 is 0 Å². The molecule has 0 aliphatic carbocycles. The summed E-state index contributed by atoms with van der Waals surface area (Å²) in [6, 6.07) is 1.10. The minimum atomic E-state index is 0.390. The summed E-state index contributed by atoms with van der Waals surface area (Å²) >= 11 is 0. The van der Waals surface area contributed by atoms with Crippen molar-refractivity contribution >= 4 is 0 Å². The lowest BCUT2D eigenvalue weighted by atomic mass is 10.0. The number of likely N-dealkylation sites (tertiary alicyclic amines) is 1. The number of hydrogen-bond donors (Lipinski definition) is 1. The van der Waals surface area contributed by atoms with Gasteiger partial charge in [0.05, 0.1) is 6.54 Å². The van der Waals surface area contributed by atoms with Crippen molar-refractivity contribution in [3.05, 3.63) is 12.2 Å². The highest BCUT2D eigenvalue weighted by atomic mass is 15.4. The van der Waals surface area contributed by atoms with Gasteiger partial charge < -0.3 is 5.32 Å². The lowest BCUT2D eigenvalue weighted by Crippen LogP contribution is -2.42. The quantitative estimate of drug-likeness (QED) is 0.852. The van der Waals surface area contributed by atoms with Crippen LogP contribution in [0.5, 0.6) is 0 Å². The van der Waals surface area contributed by atoms with Gasteiger partial charge in [0.15, 0.2) is 0 Å². The molecule has 0 spiro atoms. The summed E-state index contributed by atoms with van der Waals surface area (Å²) < 4.78 is 2.03. The Morgan fingerprint density at radius 3 is 2.74 bits per heavy atom. The molecular weight excluding hydrogens is 238 g/mol. The summed E-state index contributed by atoms with van der Waals surface area (Å²) in [5, 5.41) is 7.92. The Morgan fingerprint density at radius 2 is 2.11 bits per heavy atom. The highest BCUT2D eigenvalue weighted by Gasteiger charge is 2.20. The van der Waals surface area contributed by atoms with Crippen molar-refractivity contribution in [2.75, 3.05) is 19.6 Å². The molecule has 19 heavy (non-hydrogen) atoms. The van der Waals surface area contributed by atoms with Crippen molar-refractivity contribution < 1.29 is 0 Å². The SMILES string of the molecule is CCCNC1CCN(Cc2ncnn2C(C)C)CC1. The van der Waals surface area contributed by atoms with Gasteiger partial charge in [-0.2, -0.15) is 5.10 Å². The number of nitrogens with one attached hydrogen (secondary N) is 1. The monoisotopic (exact) mass is 265 g/mol. The topological polar surface area (TPSA) is 46.0 Å². The summed E-state index contributed by atoms with van der Waals surface area (Å²) in [6.07, 6.45) is 5.38.